The quantitative estimate of drug-likeness (QED) is 0.651. The van der Waals surface area contributed by atoms with Gasteiger partial charge in [-0.25, -0.2) is 4.98 Å². The summed E-state index contributed by atoms with van der Waals surface area (Å²) < 4.78 is 3.78. The molecule has 0 aliphatic rings. The van der Waals surface area contributed by atoms with Crippen LogP contribution in [0.25, 0.3) is 21.7 Å². The molecule has 1 aromatic carbocycles. The Morgan fingerprint density at radius 1 is 1.38 bits per heavy atom. The minimum atomic E-state index is 0.558. The van der Waals surface area contributed by atoms with E-state index in [0.29, 0.717) is 22.1 Å². The van der Waals surface area contributed by atoms with E-state index in [-0.39, 0.29) is 0 Å². The number of imidazole rings is 1. The number of nitrogens with two attached hydrogens (primary N) is 1. The third-order valence-corrected chi connectivity index (χ3v) is 3.07. The van der Waals surface area contributed by atoms with Gasteiger partial charge in [-0.1, -0.05) is 16.1 Å². The van der Waals surface area contributed by atoms with E-state index in [9.17, 15) is 0 Å². The molecule has 0 aliphatic heterocycles. The number of benzene rings is 1. The minimum Gasteiger partial charge on any atom is -0.397 e. The highest BCUT2D eigenvalue weighted by Gasteiger charge is 2.10. The number of anilines is 1. The fourth-order valence-electron chi connectivity index (χ4n) is 1.50. The predicted octanol–water partition coefficient (Wildman–Crippen LogP) is 2.32. The number of rotatable bonds is 1. The first-order valence-electron chi connectivity index (χ1n) is 4.46. The first kappa shape index (κ1) is 9.56. The van der Waals surface area contributed by atoms with E-state index >= 15 is 0 Å². The van der Waals surface area contributed by atoms with E-state index in [1.807, 2.05) is 0 Å². The van der Waals surface area contributed by atoms with Crippen LogP contribution in [0.2, 0.25) is 5.02 Å². The SMILES string of the molecule is Nc1cc(Cl)cc2[nH]c(-c3cnns3)nc12. The van der Waals surface area contributed by atoms with Gasteiger partial charge in [0.2, 0.25) is 0 Å². The summed E-state index contributed by atoms with van der Waals surface area (Å²) in [6.07, 6.45) is 1.65. The van der Waals surface area contributed by atoms with Gasteiger partial charge < -0.3 is 10.7 Å². The fraction of sp³-hybridized carbons (Fsp3) is 0. The fourth-order valence-corrected chi connectivity index (χ4v) is 2.18. The van der Waals surface area contributed by atoms with E-state index < -0.39 is 0 Å². The molecule has 0 unspecified atom stereocenters. The Kier molecular flexibility index (Phi) is 2.05. The Morgan fingerprint density at radius 2 is 2.25 bits per heavy atom. The molecule has 0 atom stereocenters. The average molecular weight is 252 g/mol. The smallest absolute Gasteiger partial charge is 0.151 e. The summed E-state index contributed by atoms with van der Waals surface area (Å²) in [5, 5.41) is 4.35. The van der Waals surface area contributed by atoms with Gasteiger partial charge in [0.1, 0.15) is 10.4 Å². The highest BCUT2D eigenvalue weighted by atomic mass is 35.5. The van der Waals surface area contributed by atoms with Gasteiger partial charge in [-0.2, -0.15) is 0 Å². The standard InChI is InChI=1S/C9H6ClN5S/c10-4-1-5(11)8-6(2-4)13-9(14-8)7-3-12-15-16-7/h1-3H,11H2,(H,13,14). The highest BCUT2D eigenvalue weighted by Crippen LogP contribution is 2.28. The van der Waals surface area contributed by atoms with Crippen LogP contribution in [0.15, 0.2) is 18.3 Å². The number of halogens is 1. The molecular formula is C9H6ClN5S. The summed E-state index contributed by atoms with van der Waals surface area (Å²) in [7, 11) is 0. The average Bonchev–Trinajstić information content (AvgIpc) is 2.82. The second-order valence-corrected chi connectivity index (χ2v) is 4.48. The van der Waals surface area contributed by atoms with Crippen LogP contribution >= 0.6 is 23.1 Å². The number of hydrogen-bond donors (Lipinski definition) is 2. The number of nitrogen functional groups attached to an aromatic ring is 1. The van der Waals surface area contributed by atoms with E-state index in [1.165, 1.54) is 11.5 Å². The van der Waals surface area contributed by atoms with Gasteiger partial charge in [-0.05, 0) is 23.7 Å². The van der Waals surface area contributed by atoms with Crippen LogP contribution < -0.4 is 5.73 Å². The summed E-state index contributed by atoms with van der Waals surface area (Å²) in [5.74, 6) is 0.707. The molecule has 0 saturated carbocycles. The maximum Gasteiger partial charge on any atom is 0.151 e. The lowest BCUT2D eigenvalue weighted by Crippen LogP contribution is -1.86. The summed E-state index contributed by atoms with van der Waals surface area (Å²) in [6.45, 7) is 0. The maximum absolute atomic E-state index is 5.91. The summed E-state index contributed by atoms with van der Waals surface area (Å²) in [6, 6.07) is 3.47. The van der Waals surface area contributed by atoms with Crippen molar-refractivity contribution in [1.29, 1.82) is 0 Å². The largest absolute Gasteiger partial charge is 0.397 e. The molecule has 16 heavy (non-hydrogen) atoms. The zero-order valence-corrected chi connectivity index (χ0v) is 9.51. The Balaban J connectivity index is 2.27. The molecule has 3 aromatic rings. The monoisotopic (exact) mass is 251 g/mol. The van der Waals surface area contributed by atoms with E-state index in [4.69, 9.17) is 17.3 Å². The second kappa shape index (κ2) is 3.43. The molecule has 0 spiro atoms. The number of hydrogen-bond acceptors (Lipinski definition) is 5. The van der Waals surface area contributed by atoms with Gasteiger partial charge in [-0.15, -0.1) is 5.10 Å². The third kappa shape index (κ3) is 1.43. The molecule has 3 rings (SSSR count). The molecule has 0 amide bonds. The maximum atomic E-state index is 5.91. The zero-order chi connectivity index (χ0) is 11.1. The van der Waals surface area contributed by atoms with Crippen LogP contribution in [0.5, 0.6) is 0 Å². The van der Waals surface area contributed by atoms with E-state index in [1.54, 1.807) is 18.3 Å². The number of fused-ring (bicyclic) bond motifs is 1. The van der Waals surface area contributed by atoms with Gasteiger partial charge in [0, 0.05) is 5.02 Å². The van der Waals surface area contributed by atoms with Gasteiger partial charge in [-0.3, -0.25) is 0 Å². The highest BCUT2D eigenvalue weighted by molar-refractivity contribution is 7.09. The second-order valence-electron chi connectivity index (χ2n) is 3.26. The summed E-state index contributed by atoms with van der Waals surface area (Å²) in [5.41, 5.74) is 7.92. The van der Waals surface area contributed by atoms with Crippen molar-refractivity contribution in [2.75, 3.05) is 5.73 Å². The van der Waals surface area contributed by atoms with Gasteiger partial charge in [0.05, 0.1) is 17.4 Å². The normalized spacial score (nSPS) is 11.1. The Hall–Kier alpha value is -1.66. The molecule has 0 saturated heterocycles. The Labute approximate surface area is 99.4 Å². The molecule has 2 heterocycles. The number of nitrogens with zero attached hydrogens (tertiary/aromatic N) is 3. The number of aromatic amines is 1. The van der Waals surface area contributed by atoms with Crippen molar-refractivity contribution in [3.05, 3.63) is 23.4 Å². The van der Waals surface area contributed by atoms with Gasteiger partial charge in [0.15, 0.2) is 5.82 Å². The van der Waals surface area contributed by atoms with Crippen molar-refractivity contribution >= 4 is 39.9 Å². The first-order valence-corrected chi connectivity index (χ1v) is 5.61. The van der Waals surface area contributed by atoms with Crippen molar-refractivity contribution in [3.8, 4) is 10.7 Å². The van der Waals surface area contributed by atoms with Crippen LogP contribution in [0.4, 0.5) is 5.69 Å². The van der Waals surface area contributed by atoms with E-state index in [2.05, 4.69) is 19.6 Å². The minimum absolute atomic E-state index is 0.558. The molecule has 7 heteroatoms. The van der Waals surface area contributed by atoms with Crippen LogP contribution in [0, 0.1) is 0 Å². The molecule has 3 N–H and O–H groups in total. The number of H-pyrrole nitrogens is 1. The predicted molar refractivity (Wildman–Crippen MR) is 64.4 cm³/mol. The van der Waals surface area contributed by atoms with Crippen LogP contribution in [0.1, 0.15) is 0 Å². The number of aromatic nitrogens is 4. The molecule has 0 bridgehead atoms. The molecular weight excluding hydrogens is 246 g/mol. The van der Waals surface area contributed by atoms with Gasteiger partial charge in [0.25, 0.3) is 0 Å². The Bertz CT molecular complexity index is 645. The molecule has 80 valence electrons. The molecule has 0 aliphatic carbocycles. The molecule has 5 nitrogen and oxygen atoms in total. The summed E-state index contributed by atoms with van der Waals surface area (Å²) in [4.78, 5) is 8.39. The van der Waals surface area contributed by atoms with Gasteiger partial charge >= 0.3 is 0 Å². The van der Waals surface area contributed by atoms with E-state index in [0.717, 1.165) is 10.4 Å². The van der Waals surface area contributed by atoms with Crippen molar-refractivity contribution in [2.45, 2.75) is 0 Å². The third-order valence-electron chi connectivity index (χ3n) is 2.18. The van der Waals surface area contributed by atoms with Crippen molar-refractivity contribution in [2.24, 2.45) is 0 Å². The lowest BCUT2D eigenvalue weighted by molar-refractivity contribution is 1.15. The Morgan fingerprint density at radius 3 is 3.00 bits per heavy atom. The van der Waals surface area contributed by atoms with Crippen LogP contribution in [-0.4, -0.2) is 19.6 Å². The zero-order valence-electron chi connectivity index (χ0n) is 7.94. The van der Waals surface area contributed by atoms with Crippen molar-refractivity contribution < 1.29 is 0 Å². The molecule has 0 fully saturated rings. The molecule has 0 radical (unpaired) electrons. The lowest BCUT2D eigenvalue weighted by atomic mass is 10.3. The lowest BCUT2D eigenvalue weighted by Gasteiger charge is -1.94. The van der Waals surface area contributed by atoms with Crippen LogP contribution in [-0.2, 0) is 0 Å². The van der Waals surface area contributed by atoms with Crippen LogP contribution in [0.3, 0.4) is 0 Å². The van der Waals surface area contributed by atoms with Crippen molar-refractivity contribution in [3.63, 3.8) is 0 Å². The number of nitrogens with one attached hydrogen (secondary N) is 1. The topological polar surface area (TPSA) is 80.5 Å². The molecule has 2 aromatic heterocycles. The first-order chi connectivity index (χ1) is 7.74. The summed E-state index contributed by atoms with van der Waals surface area (Å²) >= 11 is 7.18. The van der Waals surface area contributed by atoms with Crippen molar-refractivity contribution in [1.82, 2.24) is 19.6 Å².